The molecule has 10 heteroatoms. The number of anilines is 3. The largest absolute Gasteiger partial charge is 0.354 e. The molecule has 1 saturated heterocycles. The average molecular weight is 431 g/mol. The molecule has 3 aromatic rings. The van der Waals surface area contributed by atoms with Crippen LogP contribution in [-0.2, 0) is 10.0 Å². The Morgan fingerprint density at radius 3 is 2.52 bits per heavy atom. The fourth-order valence-corrected chi connectivity index (χ4v) is 5.78. The van der Waals surface area contributed by atoms with Crippen molar-refractivity contribution in [2.24, 2.45) is 0 Å². The summed E-state index contributed by atoms with van der Waals surface area (Å²) in [6.07, 6.45) is 1.75. The van der Waals surface area contributed by atoms with Crippen LogP contribution in [0.15, 0.2) is 46.1 Å². The van der Waals surface area contributed by atoms with Gasteiger partial charge in [-0.15, -0.1) is 11.3 Å². The molecule has 3 aromatic heterocycles. The molecule has 1 aliphatic rings. The van der Waals surface area contributed by atoms with Crippen LogP contribution in [0.1, 0.15) is 11.4 Å². The van der Waals surface area contributed by atoms with Gasteiger partial charge in [-0.2, -0.15) is 4.31 Å². The summed E-state index contributed by atoms with van der Waals surface area (Å²) in [5, 5.41) is 5.00. The molecule has 4 heterocycles. The van der Waals surface area contributed by atoms with Gasteiger partial charge in [0.2, 0.25) is 0 Å². The van der Waals surface area contributed by atoms with Crippen LogP contribution < -0.4 is 10.2 Å². The lowest BCUT2D eigenvalue weighted by Gasteiger charge is -2.34. The number of pyridine rings is 1. The molecule has 1 aliphatic heterocycles. The highest BCUT2D eigenvalue weighted by Gasteiger charge is 2.29. The van der Waals surface area contributed by atoms with E-state index in [1.165, 1.54) is 11.3 Å². The lowest BCUT2D eigenvalue weighted by molar-refractivity contribution is 0.384. The van der Waals surface area contributed by atoms with Crippen molar-refractivity contribution in [1.29, 1.82) is 0 Å². The fourth-order valence-electron chi connectivity index (χ4n) is 3.21. The van der Waals surface area contributed by atoms with E-state index in [1.54, 1.807) is 28.0 Å². The Morgan fingerprint density at radius 2 is 1.83 bits per heavy atom. The van der Waals surface area contributed by atoms with Gasteiger partial charge in [0, 0.05) is 38.4 Å². The molecule has 1 N–H and O–H groups in total. The SMILES string of the molecule is Cc1ccnc(Nc2cc(N3CCN(S(=O)(=O)c4cccs4)CC3)nc(C)n2)c1. The predicted molar refractivity (Wildman–Crippen MR) is 114 cm³/mol. The first-order valence-corrected chi connectivity index (χ1v) is 11.6. The average Bonchev–Trinajstić information content (AvgIpc) is 3.23. The Kier molecular flexibility index (Phi) is 5.48. The molecule has 29 heavy (non-hydrogen) atoms. The van der Waals surface area contributed by atoms with E-state index in [2.05, 4.69) is 25.2 Å². The highest BCUT2D eigenvalue weighted by atomic mass is 32.2. The minimum Gasteiger partial charge on any atom is -0.354 e. The summed E-state index contributed by atoms with van der Waals surface area (Å²) in [6, 6.07) is 9.17. The standard InChI is InChI=1S/C19H22N6O2S2/c1-14-5-6-20-16(12-14)23-17-13-18(22-15(2)21-17)24-7-9-25(10-8-24)29(26,27)19-4-3-11-28-19/h3-6,11-13H,7-10H2,1-2H3,(H,20,21,22,23). The van der Waals surface area contributed by atoms with Gasteiger partial charge in [0.15, 0.2) is 0 Å². The zero-order valence-corrected chi connectivity index (χ0v) is 17.9. The van der Waals surface area contributed by atoms with Crippen molar-refractivity contribution in [3.63, 3.8) is 0 Å². The topological polar surface area (TPSA) is 91.3 Å². The van der Waals surface area contributed by atoms with Crippen LogP contribution in [0.3, 0.4) is 0 Å². The minimum absolute atomic E-state index is 0.390. The Balaban J connectivity index is 1.48. The second-order valence-corrected chi connectivity index (χ2v) is 9.94. The first kappa shape index (κ1) is 19.7. The summed E-state index contributed by atoms with van der Waals surface area (Å²) in [5.41, 5.74) is 1.11. The van der Waals surface area contributed by atoms with Crippen LogP contribution in [0.5, 0.6) is 0 Å². The maximum absolute atomic E-state index is 12.7. The van der Waals surface area contributed by atoms with Gasteiger partial charge in [0.25, 0.3) is 10.0 Å². The zero-order chi connectivity index (χ0) is 20.4. The number of sulfonamides is 1. The molecule has 0 radical (unpaired) electrons. The van der Waals surface area contributed by atoms with E-state index in [0.717, 1.165) is 17.2 Å². The van der Waals surface area contributed by atoms with Gasteiger partial charge in [-0.3, -0.25) is 0 Å². The van der Waals surface area contributed by atoms with Crippen LogP contribution in [0, 0.1) is 13.8 Å². The molecule has 0 saturated carbocycles. The fraction of sp³-hybridized carbons (Fsp3) is 0.316. The summed E-state index contributed by atoms with van der Waals surface area (Å²) in [7, 11) is -3.41. The van der Waals surface area contributed by atoms with Crippen LogP contribution in [0.2, 0.25) is 0 Å². The predicted octanol–water partition coefficient (Wildman–Crippen LogP) is 2.80. The molecule has 0 spiro atoms. The quantitative estimate of drug-likeness (QED) is 0.665. The van der Waals surface area contributed by atoms with Gasteiger partial charge < -0.3 is 10.2 Å². The third-order valence-electron chi connectivity index (χ3n) is 4.65. The molecule has 0 bridgehead atoms. The smallest absolute Gasteiger partial charge is 0.252 e. The highest BCUT2D eigenvalue weighted by molar-refractivity contribution is 7.91. The molecule has 0 atom stereocenters. The molecule has 0 amide bonds. The molecule has 4 rings (SSSR count). The zero-order valence-electron chi connectivity index (χ0n) is 16.2. The minimum atomic E-state index is -3.41. The number of nitrogens with one attached hydrogen (secondary N) is 1. The summed E-state index contributed by atoms with van der Waals surface area (Å²) in [4.78, 5) is 15.4. The van der Waals surface area contributed by atoms with Crippen molar-refractivity contribution < 1.29 is 8.42 Å². The first-order valence-electron chi connectivity index (χ1n) is 9.26. The van der Waals surface area contributed by atoms with E-state index in [0.29, 0.717) is 42.0 Å². The van der Waals surface area contributed by atoms with E-state index in [-0.39, 0.29) is 0 Å². The second kappa shape index (κ2) is 8.05. The molecule has 0 aromatic carbocycles. The number of hydrogen-bond acceptors (Lipinski definition) is 8. The number of hydrogen-bond donors (Lipinski definition) is 1. The molecule has 152 valence electrons. The number of aromatic nitrogens is 3. The number of nitrogens with zero attached hydrogens (tertiary/aromatic N) is 5. The second-order valence-electron chi connectivity index (χ2n) is 6.83. The Hall–Kier alpha value is -2.56. The molecule has 0 aliphatic carbocycles. The van der Waals surface area contributed by atoms with Crippen LogP contribution in [0.25, 0.3) is 0 Å². The van der Waals surface area contributed by atoms with Gasteiger partial charge in [-0.05, 0) is 43.0 Å². The normalized spacial score (nSPS) is 15.4. The number of aryl methyl sites for hydroxylation is 2. The lowest BCUT2D eigenvalue weighted by atomic mass is 10.3. The summed E-state index contributed by atoms with van der Waals surface area (Å²) in [5.74, 6) is 2.81. The molecule has 8 nitrogen and oxygen atoms in total. The van der Waals surface area contributed by atoms with Gasteiger partial charge in [-0.25, -0.2) is 23.4 Å². The van der Waals surface area contributed by atoms with E-state index in [9.17, 15) is 8.42 Å². The van der Waals surface area contributed by atoms with Crippen molar-refractivity contribution in [2.45, 2.75) is 18.1 Å². The van der Waals surface area contributed by atoms with Crippen molar-refractivity contribution in [1.82, 2.24) is 19.3 Å². The van der Waals surface area contributed by atoms with Crippen molar-refractivity contribution in [3.05, 3.63) is 53.3 Å². The Morgan fingerprint density at radius 1 is 1.03 bits per heavy atom. The Labute approximate surface area is 174 Å². The lowest BCUT2D eigenvalue weighted by Crippen LogP contribution is -2.48. The molecule has 0 unspecified atom stereocenters. The summed E-state index contributed by atoms with van der Waals surface area (Å²) in [6.45, 7) is 5.84. The number of rotatable bonds is 5. The molecule has 1 fully saturated rings. The maximum Gasteiger partial charge on any atom is 0.252 e. The third-order valence-corrected chi connectivity index (χ3v) is 7.92. The number of piperazine rings is 1. The Bertz CT molecular complexity index is 1090. The number of thiophene rings is 1. The molecular weight excluding hydrogens is 408 g/mol. The maximum atomic E-state index is 12.7. The van der Waals surface area contributed by atoms with Crippen molar-refractivity contribution in [3.8, 4) is 0 Å². The van der Waals surface area contributed by atoms with Crippen molar-refractivity contribution in [2.75, 3.05) is 36.4 Å². The van der Waals surface area contributed by atoms with E-state index in [1.807, 2.05) is 32.0 Å². The van der Waals surface area contributed by atoms with Crippen LogP contribution >= 0.6 is 11.3 Å². The van der Waals surface area contributed by atoms with Crippen LogP contribution in [-0.4, -0.2) is 53.9 Å². The monoisotopic (exact) mass is 430 g/mol. The summed E-state index contributed by atoms with van der Waals surface area (Å²) >= 11 is 1.25. The van der Waals surface area contributed by atoms with Gasteiger partial charge in [0.05, 0.1) is 0 Å². The van der Waals surface area contributed by atoms with Gasteiger partial charge in [0.1, 0.15) is 27.5 Å². The van der Waals surface area contributed by atoms with Gasteiger partial charge in [-0.1, -0.05) is 6.07 Å². The van der Waals surface area contributed by atoms with E-state index in [4.69, 9.17) is 0 Å². The molecular formula is C19H22N6O2S2. The first-order chi connectivity index (χ1) is 13.9. The van der Waals surface area contributed by atoms with E-state index < -0.39 is 10.0 Å². The third kappa shape index (κ3) is 4.39. The highest BCUT2D eigenvalue weighted by Crippen LogP contribution is 2.24. The van der Waals surface area contributed by atoms with Crippen LogP contribution in [0.4, 0.5) is 17.5 Å². The van der Waals surface area contributed by atoms with Crippen molar-refractivity contribution >= 4 is 38.8 Å². The summed E-state index contributed by atoms with van der Waals surface area (Å²) < 4.78 is 27.3. The van der Waals surface area contributed by atoms with Gasteiger partial charge >= 0.3 is 0 Å². The van der Waals surface area contributed by atoms with E-state index >= 15 is 0 Å².